The number of nitrogens with zero attached hydrogens (tertiary/aromatic N) is 1. The molecule has 1 amide bonds. The van der Waals surface area contributed by atoms with Crippen molar-refractivity contribution in [1.29, 1.82) is 0 Å². The van der Waals surface area contributed by atoms with Crippen molar-refractivity contribution in [2.75, 3.05) is 26.2 Å². The van der Waals surface area contributed by atoms with Gasteiger partial charge < -0.3 is 10.2 Å². The quantitative estimate of drug-likeness (QED) is 0.675. The summed E-state index contributed by atoms with van der Waals surface area (Å²) >= 11 is 0. The third-order valence-electron chi connectivity index (χ3n) is 3.17. The van der Waals surface area contributed by atoms with Gasteiger partial charge in [-0.15, -0.1) is 0 Å². The van der Waals surface area contributed by atoms with Crippen LogP contribution in [0.15, 0.2) is 0 Å². The van der Waals surface area contributed by atoms with E-state index in [-0.39, 0.29) is 5.91 Å². The second-order valence-corrected chi connectivity index (χ2v) is 4.21. The molecule has 0 unspecified atom stereocenters. The molecule has 0 spiro atoms. The van der Waals surface area contributed by atoms with Gasteiger partial charge >= 0.3 is 0 Å². The molecule has 2 heterocycles. The zero-order chi connectivity index (χ0) is 10.0. The summed E-state index contributed by atoms with van der Waals surface area (Å²) in [7, 11) is 0. The molecule has 0 bridgehead atoms. The van der Waals surface area contributed by atoms with Gasteiger partial charge in [0.15, 0.2) is 5.67 Å². The van der Waals surface area contributed by atoms with Crippen LogP contribution in [0.25, 0.3) is 0 Å². The van der Waals surface area contributed by atoms with Crippen LogP contribution in [0.2, 0.25) is 0 Å². The molecule has 0 aromatic carbocycles. The predicted molar refractivity (Wildman–Crippen MR) is 51.8 cm³/mol. The highest BCUT2D eigenvalue weighted by atomic mass is 19.1. The van der Waals surface area contributed by atoms with Gasteiger partial charge in [0, 0.05) is 25.9 Å². The fraction of sp³-hybridized carbons (Fsp3) is 0.900. The van der Waals surface area contributed by atoms with Gasteiger partial charge in [0.25, 0.3) is 5.91 Å². The van der Waals surface area contributed by atoms with Gasteiger partial charge in [-0.05, 0) is 25.9 Å². The largest absolute Gasteiger partial charge is 0.340 e. The van der Waals surface area contributed by atoms with Crippen LogP contribution >= 0.6 is 0 Å². The summed E-state index contributed by atoms with van der Waals surface area (Å²) in [5, 5.41) is 3.07. The highest BCUT2D eigenvalue weighted by molar-refractivity contribution is 5.85. The number of alkyl halides is 1. The maximum absolute atomic E-state index is 14.2. The number of hydrogen-bond acceptors (Lipinski definition) is 2. The SMILES string of the molecule is O=C(N1CCCC1)C1(F)CCNCC1. The molecule has 0 aromatic rings. The van der Waals surface area contributed by atoms with Gasteiger partial charge in [-0.3, -0.25) is 4.79 Å². The van der Waals surface area contributed by atoms with Crippen LogP contribution in [-0.4, -0.2) is 42.7 Å². The Morgan fingerprint density at radius 1 is 1.21 bits per heavy atom. The Morgan fingerprint density at radius 2 is 1.79 bits per heavy atom. The molecule has 3 nitrogen and oxygen atoms in total. The first-order valence-corrected chi connectivity index (χ1v) is 5.41. The van der Waals surface area contributed by atoms with Crippen LogP contribution in [0.4, 0.5) is 4.39 Å². The van der Waals surface area contributed by atoms with Crippen molar-refractivity contribution in [2.45, 2.75) is 31.4 Å². The summed E-state index contributed by atoms with van der Waals surface area (Å²) in [6.07, 6.45) is 2.73. The fourth-order valence-electron chi connectivity index (χ4n) is 2.24. The van der Waals surface area contributed by atoms with Crippen molar-refractivity contribution >= 4 is 5.91 Å². The monoisotopic (exact) mass is 200 g/mol. The average Bonchev–Trinajstić information content (AvgIpc) is 2.70. The number of amides is 1. The number of nitrogens with one attached hydrogen (secondary N) is 1. The first kappa shape index (κ1) is 9.90. The van der Waals surface area contributed by atoms with Crippen molar-refractivity contribution in [3.63, 3.8) is 0 Å². The van der Waals surface area contributed by atoms with E-state index >= 15 is 0 Å². The number of likely N-dealkylation sites (tertiary alicyclic amines) is 1. The Balaban J connectivity index is 2.00. The molecule has 2 aliphatic heterocycles. The summed E-state index contributed by atoms with van der Waals surface area (Å²) in [5.41, 5.74) is -1.57. The zero-order valence-corrected chi connectivity index (χ0v) is 8.39. The van der Waals surface area contributed by atoms with Crippen LogP contribution in [0.1, 0.15) is 25.7 Å². The van der Waals surface area contributed by atoms with E-state index in [4.69, 9.17) is 0 Å². The average molecular weight is 200 g/mol. The summed E-state index contributed by atoms with van der Waals surface area (Å²) in [6.45, 7) is 2.74. The molecule has 0 saturated carbocycles. The van der Waals surface area contributed by atoms with E-state index in [0.29, 0.717) is 25.9 Å². The number of halogens is 1. The number of piperidine rings is 1. The Kier molecular flexibility index (Phi) is 2.72. The lowest BCUT2D eigenvalue weighted by Gasteiger charge is -2.32. The third kappa shape index (κ3) is 1.75. The first-order valence-electron chi connectivity index (χ1n) is 5.41. The number of carbonyl (C=O) groups is 1. The number of rotatable bonds is 1. The van der Waals surface area contributed by atoms with Crippen molar-refractivity contribution in [3.8, 4) is 0 Å². The molecule has 0 aromatic heterocycles. The van der Waals surface area contributed by atoms with E-state index in [9.17, 15) is 9.18 Å². The van der Waals surface area contributed by atoms with E-state index in [0.717, 1.165) is 25.9 Å². The Bertz CT molecular complexity index is 220. The van der Waals surface area contributed by atoms with Crippen LogP contribution in [0.3, 0.4) is 0 Å². The van der Waals surface area contributed by atoms with Gasteiger partial charge in [0.1, 0.15) is 0 Å². The maximum Gasteiger partial charge on any atom is 0.260 e. The van der Waals surface area contributed by atoms with Crippen LogP contribution in [0, 0.1) is 0 Å². The van der Waals surface area contributed by atoms with Gasteiger partial charge in [-0.25, -0.2) is 4.39 Å². The van der Waals surface area contributed by atoms with Crippen LogP contribution in [0.5, 0.6) is 0 Å². The van der Waals surface area contributed by atoms with E-state index in [1.54, 1.807) is 4.90 Å². The molecule has 1 N–H and O–H groups in total. The van der Waals surface area contributed by atoms with Crippen molar-refractivity contribution in [1.82, 2.24) is 10.2 Å². The minimum Gasteiger partial charge on any atom is -0.340 e. The van der Waals surface area contributed by atoms with Crippen LogP contribution < -0.4 is 5.32 Å². The molecule has 2 rings (SSSR count). The lowest BCUT2D eigenvalue weighted by Crippen LogP contribution is -2.50. The van der Waals surface area contributed by atoms with Crippen molar-refractivity contribution in [3.05, 3.63) is 0 Å². The summed E-state index contributed by atoms with van der Waals surface area (Å²) in [5.74, 6) is -0.267. The van der Waals surface area contributed by atoms with E-state index in [1.807, 2.05) is 0 Å². The van der Waals surface area contributed by atoms with Gasteiger partial charge in [-0.2, -0.15) is 0 Å². The van der Waals surface area contributed by atoms with E-state index in [1.165, 1.54) is 0 Å². The summed E-state index contributed by atoms with van der Waals surface area (Å²) in [4.78, 5) is 13.5. The molecule has 2 saturated heterocycles. The molecule has 0 radical (unpaired) electrons. The number of carbonyl (C=O) groups excluding carboxylic acids is 1. The van der Waals surface area contributed by atoms with Gasteiger partial charge in [-0.1, -0.05) is 0 Å². The highest BCUT2D eigenvalue weighted by Crippen LogP contribution is 2.27. The van der Waals surface area contributed by atoms with Gasteiger partial charge in [0.05, 0.1) is 0 Å². The number of hydrogen-bond donors (Lipinski definition) is 1. The molecule has 80 valence electrons. The molecule has 4 heteroatoms. The molecule has 0 aliphatic carbocycles. The third-order valence-corrected chi connectivity index (χ3v) is 3.17. The van der Waals surface area contributed by atoms with E-state index in [2.05, 4.69) is 5.32 Å². The normalized spacial score (nSPS) is 26.5. The Morgan fingerprint density at radius 3 is 2.36 bits per heavy atom. The molecule has 14 heavy (non-hydrogen) atoms. The zero-order valence-electron chi connectivity index (χ0n) is 8.39. The fourth-order valence-corrected chi connectivity index (χ4v) is 2.24. The van der Waals surface area contributed by atoms with E-state index < -0.39 is 5.67 Å². The minimum absolute atomic E-state index is 0.267. The molecular weight excluding hydrogens is 183 g/mol. The maximum atomic E-state index is 14.2. The Labute approximate surface area is 83.6 Å². The van der Waals surface area contributed by atoms with Crippen molar-refractivity contribution in [2.24, 2.45) is 0 Å². The summed E-state index contributed by atoms with van der Waals surface area (Å²) < 4.78 is 14.2. The van der Waals surface area contributed by atoms with Gasteiger partial charge in [0.2, 0.25) is 0 Å². The standard InChI is InChI=1S/C10H17FN2O/c11-10(3-5-12-6-4-10)9(14)13-7-1-2-8-13/h12H,1-8H2. The highest BCUT2D eigenvalue weighted by Gasteiger charge is 2.42. The lowest BCUT2D eigenvalue weighted by atomic mass is 9.93. The lowest BCUT2D eigenvalue weighted by molar-refractivity contribution is -0.144. The molecule has 0 atom stereocenters. The Hall–Kier alpha value is -0.640. The molecule has 2 aliphatic rings. The summed E-state index contributed by atoms with van der Waals surface area (Å²) in [6, 6.07) is 0. The molecule has 2 fully saturated rings. The van der Waals surface area contributed by atoms with Crippen LogP contribution in [-0.2, 0) is 4.79 Å². The second kappa shape index (κ2) is 3.85. The smallest absolute Gasteiger partial charge is 0.260 e. The minimum atomic E-state index is -1.57. The predicted octanol–water partition coefficient (Wildman–Crippen LogP) is 0.700. The topological polar surface area (TPSA) is 32.3 Å². The van der Waals surface area contributed by atoms with Crippen molar-refractivity contribution < 1.29 is 9.18 Å². The molecular formula is C10H17FN2O. The second-order valence-electron chi connectivity index (χ2n) is 4.21. The first-order chi connectivity index (χ1) is 6.72.